The molecule has 0 unspecified atom stereocenters. The molecule has 3 nitrogen and oxygen atoms in total. The average Bonchev–Trinajstić information content (AvgIpc) is 2.74. The van der Waals surface area contributed by atoms with E-state index >= 15 is 0 Å². The van der Waals surface area contributed by atoms with Crippen LogP contribution in [0.5, 0.6) is 0 Å². The molecular formula is C13H11IN2O. The first-order chi connectivity index (χ1) is 7.84. The van der Waals surface area contributed by atoms with E-state index in [2.05, 4.69) is 5.16 Å². The Morgan fingerprint density at radius 3 is 2.53 bits per heavy atom. The van der Waals surface area contributed by atoms with Crippen LogP contribution in [0.4, 0.5) is 0 Å². The van der Waals surface area contributed by atoms with Gasteiger partial charge in [0.1, 0.15) is 12.7 Å². The van der Waals surface area contributed by atoms with E-state index < -0.39 is 0 Å². The van der Waals surface area contributed by atoms with Crippen molar-refractivity contribution in [3.63, 3.8) is 0 Å². The number of fused-ring (bicyclic) bond motifs is 1. The molecule has 0 saturated heterocycles. The summed E-state index contributed by atoms with van der Waals surface area (Å²) in [4.78, 5) is 0. The fourth-order valence-electron chi connectivity index (χ4n) is 1.75. The highest BCUT2D eigenvalue weighted by molar-refractivity contribution is 5.91. The van der Waals surface area contributed by atoms with Crippen molar-refractivity contribution in [2.24, 2.45) is 7.05 Å². The molecule has 0 fully saturated rings. The quantitative estimate of drug-likeness (QED) is 0.435. The number of hydrogen-bond acceptors (Lipinski definition) is 2. The van der Waals surface area contributed by atoms with Gasteiger partial charge in [-0.2, -0.15) is 0 Å². The number of halogens is 1. The maximum absolute atomic E-state index is 5.28. The first-order valence-corrected chi connectivity index (χ1v) is 5.15. The molecule has 0 atom stereocenters. The number of benzene rings is 1. The molecule has 0 bridgehead atoms. The second-order valence-corrected chi connectivity index (χ2v) is 3.78. The van der Waals surface area contributed by atoms with Gasteiger partial charge < -0.3 is 28.5 Å². The minimum Gasteiger partial charge on any atom is -1.00 e. The summed E-state index contributed by atoms with van der Waals surface area (Å²) in [7, 11) is 1.99. The molecule has 0 aliphatic heterocycles. The predicted octanol–water partition coefficient (Wildman–Crippen LogP) is -0.677. The van der Waals surface area contributed by atoms with Crippen molar-refractivity contribution in [3.8, 4) is 11.3 Å². The Balaban J connectivity index is 0.00000108. The van der Waals surface area contributed by atoms with Crippen LogP contribution in [0, 0.1) is 0 Å². The summed E-state index contributed by atoms with van der Waals surface area (Å²) in [6, 6.07) is 12.0. The molecule has 4 heteroatoms. The van der Waals surface area contributed by atoms with Gasteiger partial charge in [0.25, 0.3) is 0 Å². The van der Waals surface area contributed by atoms with Crippen LogP contribution in [-0.2, 0) is 7.05 Å². The van der Waals surface area contributed by atoms with Crippen LogP contribution < -0.4 is 28.5 Å². The van der Waals surface area contributed by atoms with E-state index in [0.717, 1.165) is 22.2 Å². The van der Waals surface area contributed by atoms with Gasteiger partial charge in [0.15, 0.2) is 18.0 Å². The third-order valence-electron chi connectivity index (χ3n) is 2.63. The molecule has 3 aromatic rings. The van der Waals surface area contributed by atoms with Crippen molar-refractivity contribution in [2.75, 3.05) is 0 Å². The lowest BCUT2D eigenvalue weighted by molar-refractivity contribution is -0.671. The Kier molecular flexibility index (Phi) is 3.42. The second-order valence-electron chi connectivity index (χ2n) is 3.78. The smallest absolute Gasteiger partial charge is 0.169 e. The van der Waals surface area contributed by atoms with Gasteiger partial charge in [-0.05, 0) is 12.1 Å². The zero-order chi connectivity index (χ0) is 11.0. The fourth-order valence-corrected chi connectivity index (χ4v) is 1.75. The summed E-state index contributed by atoms with van der Waals surface area (Å²) >= 11 is 0. The van der Waals surface area contributed by atoms with Crippen molar-refractivity contribution < 1.29 is 33.1 Å². The Morgan fingerprint density at radius 1 is 1.06 bits per heavy atom. The molecule has 0 N–H and O–H groups in total. The zero-order valence-corrected chi connectivity index (χ0v) is 11.5. The Bertz CT molecular complexity index is 631. The van der Waals surface area contributed by atoms with Gasteiger partial charge >= 0.3 is 0 Å². The first-order valence-electron chi connectivity index (χ1n) is 5.15. The van der Waals surface area contributed by atoms with Crippen LogP contribution >= 0.6 is 0 Å². The van der Waals surface area contributed by atoms with Crippen LogP contribution in [-0.4, -0.2) is 5.16 Å². The molecule has 2 aromatic heterocycles. The standard InChI is InChI=1S/C13H11N2O.HI/c1-15-8-6-10(7-9-15)13-11-4-2-3-5-12(11)16-14-13;/h2-9H,1H3;1H/q+1;/p-1. The zero-order valence-electron chi connectivity index (χ0n) is 9.30. The van der Waals surface area contributed by atoms with Crippen LogP contribution in [0.15, 0.2) is 53.3 Å². The van der Waals surface area contributed by atoms with Gasteiger partial charge in [-0.15, -0.1) is 0 Å². The highest BCUT2D eigenvalue weighted by Crippen LogP contribution is 2.26. The molecule has 17 heavy (non-hydrogen) atoms. The lowest BCUT2D eigenvalue weighted by Crippen LogP contribution is -3.00. The van der Waals surface area contributed by atoms with E-state index in [1.54, 1.807) is 0 Å². The molecule has 0 aliphatic rings. The fraction of sp³-hybridized carbons (Fsp3) is 0.0769. The van der Waals surface area contributed by atoms with Crippen molar-refractivity contribution in [3.05, 3.63) is 48.8 Å². The van der Waals surface area contributed by atoms with Gasteiger partial charge in [0.05, 0.1) is 0 Å². The third kappa shape index (κ3) is 2.17. The average molecular weight is 338 g/mol. The van der Waals surface area contributed by atoms with E-state index in [0.29, 0.717) is 0 Å². The maximum atomic E-state index is 5.28. The molecule has 0 radical (unpaired) electrons. The van der Waals surface area contributed by atoms with Crippen LogP contribution in [0.2, 0.25) is 0 Å². The minimum atomic E-state index is 0. The molecule has 0 spiro atoms. The molecule has 2 heterocycles. The summed E-state index contributed by atoms with van der Waals surface area (Å²) in [5.41, 5.74) is 2.80. The number of aromatic nitrogens is 2. The number of pyridine rings is 1. The van der Waals surface area contributed by atoms with Gasteiger partial charge in [-0.1, -0.05) is 17.3 Å². The SMILES string of the molecule is C[n+]1ccc(-c2noc3ccccc23)cc1.[I-]. The maximum Gasteiger partial charge on any atom is 0.169 e. The van der Waals surface area contributed by atoms with E-state index in [9.17, 15) is 0 Å². The van der Waals surface area contributed by atoms with Crippen molar-refractivity contribution in [1.82, 2.24) is 5.16 Å². The lowest BCUT2D eigenvalue weighted by atomic mass is 10.1. The Hall–Kier alpha value is -1.43. The molecule has 0 amide bonds. The van der Waals surface area contributed by atoms with E-state index in [4.69, 9.17) is 4.52 Å². The van der Waals surface area contributed by atoms with E-state index in [1.165, 1.54) is 0 Å². The number of nitrogens with zero attached hydrogens (tertiary/aromatic N) is 2. The van der Waals surface area contributed by atoms with Crippen molar-refractivity contribution in [2.45, 2.75) is 0 Å². The Morgan fingerprint density at radius 2 is 1.76 bits per heavy atom. The number of aryl methyl sites for hydroxylation is 1. The Labute approximate surface area is 116 Å². The number of hydrogen-bond donors (Lipinski definition) is 0. The predicted molar refractivity (Wildman–Crippen MR) is 60.6 cm³/mol. The molecule has 0 saturated carbocycles. The highest BCUT2D eigenvalue weighted by atomic mass is 127. The van der Waals surface area contributed by atoms with Crippen LogP contribution in [0.1, 0.15) is 0 Å². The monoisotopic (exact) mass is 338 g/mol. The van der Waals surface area contributed by atoms with Crippen LogP contribution in [0.25, 0.3) is 22.2 Å². The molecule has 3 rings (SSSR count). The highest BCUT2D eigenvalue weighted by Gasteiger charge is 2.10. The van der Waals surface area contributed by atoms with Gasteiger partial charge in [-0.25, -0.2) is 4.57 Å². The van der Waals surface area contributed by atoms with Gasteiger partial charge in [0.2, 0.25) is 0 Å². The molecule has 86 valence electrons. The van der Waals surface area contributed by atoms with Crippen molar-refractivity contribution in [1.29, 1.82) is 0 Å². The second kappa shape index (κ2) is 4.83. The summed E-state index contributed by atoms with van der Waals surface area (Å²) in [5.74, 6) is 0. The lowest BCUT2D eigenvalue weighted by Gasteiger charge is -1.94. The molecule has 0 aliphatic carbocycles. The number of rotatable bonds is 1. The summed E-state index contributed by atoms with van der Waals surface area (Å²) in [5, 5.41) is 5.16. The topological polar surface area (TPSA) is 29.9 Å². The first kappa shape index (κ1) is 12.0. The van der Waals surface area contributed by atoms with Gasteiger partial charge in [-0.3, -0.25) is 0 Å². The molecule has 1 aromatic carbocycles. The minimum absolute atomic E-state index is 0. The normalized spacial score (nSPS) is 10.2. The number of para-hydroxylation sites is 1. The van der Waals surface area contributed by atoms with Crippen molar-refractivity contribution >= 4 is 11.0 Å². The third-order valence-corrected chi connectivity index (χ3v) is 2.63. The van der Waals surface area contributed by atoms with Crippen LogP contribution in [0.3, 0.4) is 0 Å². The van der Waals surface area contributed by atoms with E-state index in [1.807, 2.05) is 60.4 Å². The summed E-state index contributed by atoms with van der Waals surface area (Å²) < 4.78 is 7.27. The molecular weight excluding hydrogens is 327 g/mol. The summed E-state index contributed by atoms with van der Waals surface area (Å²) in [6.45, 7) is 0. The summed E-state index contributed by atoms with van der Waals surface area (Å²) in [6.07, 6.45) is 4.00. The van der Waals surface area contributed by atoms with E-state index in [-0.39, 0.29) is 24.0 Å². The largest absolute Gasteiger partial charge is 1.00 e. The van der Waals surface area contributed by atoms with Gasteiger partial charge in [0, 0.05) is 23.1 Å².